The van der Waals surface area contributed by atoms with Gasteiger partial charge in [0.2, 0.25) is 0 Å². The highest BCUT2D eigenvalue weighted by Gasteiger charge is 2.01. The van der Waals surface area contributed by atoms with Gasteiger partial charge in [-0.15, -0.1) is 5.10 Å². The Balaban J connectivity index is 2.48. The number of imidazole rings is 1. The molecule has 2 rings (SSSR count). The SMILES string of the molecule is c1c[nH]c(-c2conn2)n1. The first-order valence-electron chi connectivity index (χ1n) is 2.73. The fourth-order valence-corrected chi connectivity index (χ4v) is 0.673. The molecular weight excluding hydrogens is 132 g/mol. The van der Waals surface area contributed by atoms with Crippen molar-refractivity contribution in [3.8, 4) is 11.5 Å². The maximum Gasteiger partial charge on any atom is 0.169 e. The Morgan fingerprint density at radius 3 is 3.10 bits per heavy atom. The van der Waals surface area contributed by atoms with Gasteiger partial charge in [-0.2, -0.15) is 0 Å². The van der Waals surface area contributed by atoms with E-state index in [0.717, 1.165) is 0 Å². The molecule has 0 bridgehead atoms. The van der Waals surface area contributed by atoms with Crippen molar-refractivity contribution in [2.24, 2.45) is 0 Å². The molecule has 0 amide bonds. The summed E-state index contributed by atoms with van der Waals surface area (Å²) in [5.74, 6) is 0.668. The summed E-state index contributed by atoms with van der Waals surface area (Å²) in [5.41, 5.74) is 0.616. The summed E-state index contributed by atoms with van der Waals surface area (Å²) < 4.78 is 4.52. The monoisotopic (exact) mass is 136 g/mol. The van der Waals surface area contributed by atoms with Crippen molar-refractivity contribution in [1.29, 1.82) is 0 Å². The van der Waals surface area contributed by atoms with E-state index < -0.39 is 0 Å². The molecule has 1 N–H and O–H groups in total. The number of H-pyrrole nitrogens is 1. The molecule has 0 aliphatic rings. The third-order valence-electron chi connectivity index (χ3n) is 1.10. The lowest BCUT2D eigenvalue weighted by atomic mass is 10.5. The highest BCUT2D eigenvalue weighted by molar-refractivity contribution is 5.44. The predicted molar refractivity (Wildman–Crippen MR) is 31.9 cm³/mol. The second-order valence-corrected chi connectivity index (χ2v) is 1.73. The molecule has 10 heavy (non-hydrogen) atoms. The molecule has 0 saturated carbocycles. The van der Waals surface area contributed by atoms with Crippen molar-refractivity contribution >= 4 is 0 Å². The molecule has 2 aromatic rings. The van der Waals surface area contributed by atoms with E-state index in [-0.39, 0.29) is 0 Å². The summed E-state index contributed by atoms with van der Waals surface area (Å²) in [4.78, 5) is 6.81. The van der Waals surface area contributed by atoms with Gasteiger partial charge in [0, 0.05) is 17.7 Å². The quantitative estimate of drug-likeness (QED) is 0.618. The smallest absolute Gasteiger partial charge is 0.169 e. The molecule has 0 spiro atoms. The predicted octanol–water partition coefficient (Wildman–Crippen LogP) is 0.460. The second-order valence-electron chi connectivity index (χ2n) is 1.73. The minimum atomic E-state index is 0.616. The zero-order valence-electron chi connectivity index (χ0n) is 4.98. The Kier molecular flexibility index (Phi) is 1.00. The molecule has 0 aromatic carbocycles. The van der Waals surface area contributed by atoms with E-state index in [1.165, 1.54) is 6.26 Å². The maximum absolute atomic E-state index is 4.52. The average molecular weight is 136 g/mol. The second kappa shape index (κ2) is 1.94. The van der Waals surface area contributed by atoms with Crippen molar-refractivity contribution in [2.75, 3.05) is 0 Å². The Hall–Kier alpha value is -1.65. The zero-order chi connectivity index (χ0) is 6.81. The van der Waals surface area contributed by atoms with Crippen molar-refractivity contribution in [3.05, 3.63) is 18.7 Å². The van der Waals surface area contributed by atoms with E-state index in [0.29, 0.717) is 11.5 Å². The minimum absolute atomic E-state index is 0.616. The number of nitrogens with one attached hydrogen (secondary N) is 1. The van der Waals surface area contributed by atoms with Gasteiger partial charge in [-0.05, 0) is 0 Å². The molecule has 2 aromatic heterocycles. The summed E-state index contributed by atoms with van der Waals surface area (Å²) in [7, 11) is 0. The van der Waals surface area contributed by atoms with E-state index in [1.807, 2.05) is 0 Å². The van der Waals surface area contributed by atoms with E-state index in [2.05, 4.69) is 24.9 Å². The largest absolute Gasteiger partial charge is 0.345 e. The van der Waals surface area contributed by atoms with Gasteiger partial charge in [-0.3, -0.25) is 0 Å². The van der Waals surface area contributed by atoms with Crippen molar-refractivity contribution in [3.63, 3.8) is 0 Å². The summed E-state index contributed by atoms with van der Waals surface area (Å²) in [6.45, 7) is 0. The molecule has 0 radical (unpaired) electrons. The number of aromatic nitrogens is 4. The van der Waals surface area contributed by atoms with E-state index >= 15 is 0 Å². The molecule has 0 fully saturated rings. The molecule has 0 aliphatic heterocycles. The van der Waals surface area contributed by atoms with Crippen LogP contribution in [-0.2, 0) is 0 Å². The first-order chi connectivity index (χ1) is 4.97. The van der Waals surface area contributed by atoms with Crippen LogP contribution >= 0.6 is 0 Å². The Bertz CT molecular complexity index is 253. The van der Waals surface area contributed by atoms with Crippen LogP contribution in [0.1, 0.15) is 0 Å². The van der Waals surface area contributed by atoms with Crippen LogP contribution in [0.25, 0.3) is 11.5 Å². The highest BCUT2D eigenvalue weighted by Crippen LogP contribution is 2.07. The van der Waals surface area contributed by atoms with Gasteiger partial charge >= 0.3 is 0 Å². The molecule has 0 unspecified atom stereocenters. The van der Waals surface area contributed by atoms with Crippen LogP contribution in [0.3, 0.4) is 0 Å². The van der Waals surface area contributed by atoms with Gasteiger partial charge in [0.15, 0.2) is 17.8 Å². The van der Waals surface area contributed by atoms with E-state index in [1.54, 1.807) is 12.4 Å². The van der Waals surface area contributed by atoms with E-state index in [9.17, 15) is 0 Å². The molecular formula is C5H4N4O. The third-order valence-corrected chi connectivity index (χ3v) is 1.10. The van der Waals surface area contributed by atoms with E-state index in [4.69, 9.17) is 0 Å². The molecule has 0 aliphatic carbocycles. The third kappa shape index (κ3) is 0.680. The molecule has 0 atom stereocenters. The number of aromatic amines is 1. The van der Waals surface area contributed by atoms with Gasteiger partial charge < -0.3 is 9.51 Å². The lowest BCUT2D eigenvalue weighted by molar-refractivity contribution is 0.393. The molecule has 5 heteroatoms. The van der Waals surface area contributed by atoms with Crippen molar-refractivity contribution < 1.29 is 4.52 Å². The number of rotatable bonds is 1. The highest BCUT2D eigenvalue weighted by atomic mass is 16.5. The Morgan fingerprint density at radius 2 is 2.50 bits per heavy atom. The molecule has 2 heterocycles. The fourth-order valence-electron chi connectivity index (χ4n) is 0.673. The zero-order valence-corrected chi connectivity index (χ0v) is 4.98. The van der Waals surface area contributed by atoms with Crippen LogP contribution < -0.4 is 0 Å². The fraction of sp³-hybridized carbons (Fsp3) is 0. The normalized spacial score (nSPS) is 10.0. The number of nitrogens with zero attached hydrogens (tertiary/aromatic N) is 3. The van der Waals surface area contributed by atoms with Crippen LogP contribution in [0.15, 0.2) is 23.2 Å². The van der Waals surface area contributed by atoms with Crippen molar-refractivity contribution in [1.82, 2.24) is 20.3 Å². The van der Waals surface area contributed by atoms with Crippen LogP contribution in [0, 0.1) is 0 Å². The summed E-state index contributed by atoms with van der Waals surface area (Å²) in [6, 6.07) is 0. The number of hydrogen-bond acceptors (Lipinski definition) is 4. The first kappa shape index (κ1) is 5.16. The summed E-state index contributed by atoms with van der Waals surface area (Å²) >= 11 is 0. The van der Waals surface area contributed by atoms with Gasteiger partial charge in [-0.25, -0.2) is 4.98 Å². The van der Waals surface area contributed by atoms with Crippen molar-refractivity contribution in [2.45, 2.75) is 0 Å². The van der Waals surface area contributed by atoms with Gasteiger partial charge in [0.25, 0.3) is 0 Å². The van der Waals surface area contributed by atoms with Crippen LogP contribution in [-0.4, -0.2) is 20.3 Å². The van der Waals surface area contributed by atoms with Gasteiger partial charge in [0.05, 0.1) is 0 Å². The maximum atomic E-state index is 4.52. The average Bonchev–Trinajstić information content (AvgIpc) is 2.59. The lowest BCUT2D eigenvalue weighted by Gasteiger charge is -1.80. The number of hydrogen-bond donors (Lipinski definition) is 1. The van der Waals surface area contributed by atoms with Gasteiger partial charge in [0.1, 0.15) is 0 Å². The minimum Gasteiger partial charge on any atom is -0.345 e. The Labute approximate surface area is 56.1 Å². The summed E-state index contributed by atoms with van der Waals surface area (Å²) in [5, 5.41) is 6.94. The molecule has 5 nitrogen and oxygen atoms in total. The van der Waals surface area contributed by atoms with Crippen LogP contribution in [0.4, 0.5) is 0 Å². The molecule has 0 saturated heterocycles. The Morgan fingerprint density at radius 1 is 1.50 bits per heavy atom. The summed E-state index contributed by atoms with van der Waals surface area (Å²) in [6.07, 6.45) is 4.78. The first-order valence-corrected chi connectivity index (χ1v) is 2.73. The van der Waals surface area contributed by atoms with Gasteiger partial charge in [-0.1, -0.05) is 0 Å². The topological polar surface area (TPSA) is 67.6 Å². The lowest BCUT2D eigenvalue weighted by Crippen LogP contribution is -1.78. The molecule has 50 valence electrons. The standard InChI is InChI=1S/C5H4N4O/c1-2-7-5(6-1)4-3-10-9-8-4/h1-3H,(H,6,7). The van der Waals surface area contributed by atoms with Crippen LogP contribution in [0.2, 0.25) is 0 Å². The van der Waals surface area contributed by atoms with Crippen LogP contribution in [0.5, 0.6) is 0 Å².